The number of allylic oxidation sites excluding steroid dienone is 1. The number of ketones is 1. The monoisotopic (exact) mass is 299 g/mol. The number of ether oxygens (including phenoxy) is 1. The molecule has 0 aromatic heterocycles. The van der Waals surface area contributed by atoms with Crippen LogP contribution in [0, 0.1) is 0 Å². The van der Waals surface area contributed by atoms with Crippen LogP contribution in [0.1, 0.15) is 23.2 Å². The quantitative estimate of drug-likeness (QED) is 0.682. The van der Waals surface area contributed by atoms with Crippen LogP contribution in [-0.4, -0.2) is 40.4 Å². The third-order valence-corrected chi connectivity index (χ3v) is 4.18. The van der Waals surface area contributed by atoms with Gasteiger partial charge in [0.1, 0.15) is 6.61 Å². The van der Waals surface area contributed by atoms with Crippen molar-refractivity contribution in [2.45, 2.75) is 18.4 Å². The Morgan fingerprint density at radius 3 is 2.64 bits per heavy atom. The molecule has 0 aliphatic carbocycles. The molecule has 0 amide bonds. The summed E-state index contributed by atoms with van der Waals surface area (Å²) in [5.74, 6) is -1.46. The first-order valence-electron chi connectivity index (χ1n) is 7.25. The number of carboxylic acids is 1. The second kappa shape index (κ2) is 5.67. The van der Waals surface area contributed by atoms with E-state index in [9.17, 15) is 14.7 Å². The maximum Gasteiger partial charge on any atom is 0.337 e. The smallest absolute Gasteiger partial charge is 0.337 e. The van der Waals surface area contributed by atoms with Gasteiger partial charge in [-0.1, -0.05) is 30.3 Å². The first kappa shape index (κ1) is 14.4. The molecule has 1 unspecified atom stereocenters. The van der Waals surface area contributed by atoms with Crippen LogP contribution in [0.2, 0.25) is 0 Å². The first-order valence-corrected chi connectivity index (χ1v) is 7.25. The summed E-state index contributed by atoms with van der Waals surface area (Å²) < 4.78 is 5.12. The van der Waals surface area contributed by atoms with Crippen molar-refractivity contribution in [3.63, 3.8) is 0 Å². The average Bonchev–Trinajstić information content (AvgIpc) is 3.02. The van der Waals surface area contributed by atoms with Crippen LogP contribution in [0.3, 0.4) is 0 Å². The fourth-order valence-corrected chi connectivity index (χ4v) is 3.13. The molecule has 1 saturated heterocycles. The summed E-state index contributed by atoms with van der Waals surface area (Å²) in [4.78, 5) is 26.7. The highest BCUT2D eigenvalue weighted by Crippen LogP contribution is 2.37. The molecular weight excluding hydrogens is 282 g/mol. The molecular formula is C17H17NO4. The topological polar surface area (TPSA) is 66.8 Å². The van der Waals surface area contributed by atoms with Crippen LogP contribution in [0.15, 0.2) is 54.4 Å². The predicted octanol–water partition coefficient (Wildman–Crippen LogP) is 2.22. The minimum absolute atomic E-state index is 0.308. The summed E-state index contributed by atoms with van der Waals surface area (Å²) in [6.45, 7) is 0.929. The molecule has 3 rings (SSSR count). The lowest BCUT2D eigenvalue weighted by Gasteiger charge is -2.36. The Morgan fingerprint density at radius 1 is 1.23 bits per heavy atom. The predicted molar refractivity (Wildman–Crippen MR) is 80.3 cm³/mol. The number of carboxylic acid groups (broad SMARTS) is 1. The second-order valence-corrected chi connectivity index (χ2v) is 5.38. The van der Waals surface area contributed by atoms with Gasteiger partial charge in [-0.15, -0.1) is 0 Å². The standard InChI is InChI=1S/C17H17NO4/c19-15(13-5-2-1-3-6-13)17(16(20)21)9-4-10-18(17)14-7-11-22-12-8-14/h1-3,5-8,11H,4,9-10,12H2,(H,20,21). The van der Waals surface area contributed by atoms with Gasteiger partial charge >= 0.3 is 5.97 Å². The molecule has 2 heterocycles. The molecule has 1 fully saturated rings. The number of likely N-dealkylation sites (tertiary alicyclic amines) is 1. The maximum absolute atomic E-state index is 13.0. The molecule has 0 saturated carbocycles. The van der Waals surface area contributed by atoms with E-state index in [2.05, 4.69) is 0 Å². The molecule has 1 N–H and O–H groups in total. The summed E-state index contributed by atoms with van der Waals surface area (Å²) in [6.07, 6.45) is 6.03. The van der Waals surface area contributed by atoms with Crippen LogP contribution in [0.4, 0.5) is 0 Å². The molecule has 1 aromatic carbocycles. The van der Waals surface area contributed by atoms with Crippen molar-refractivity contribution in [2.75, 3.05) is 13.2 Å². The Bertz CT molecular complexity index is 650. The fourth-order valence-electron chi connectivity index (χ4n) is 3.13. The van der Waals surface area contributed by atoms with E-state index in [0.717, 1.165) is 5.70 Å². The summed E-state index contributed by atoms with van der Waals surface area (Å²) >= 11 is 0. The third-order valence-electron chi connectivity index (χ3n) is 4.18. The minimum Gasteiger partial charge on any atom is -0.497 e. The van der Waals surface area contributed by atoms with Gasteiger partial charge in [-0.05, 0) is 25.0 Å². The first-order chi connectivity index (χ1) is 10.7. The van der Waals surface area contributed by atoms with E-state index >= 15 is 0 Å². The van der Waals surface area contributed by atoms with Crippen LogP contribution in [0.5, 0.6) is 0 Å². The number of hydrogen-bond acceptors (Lipinski definition) is 4. The molecule has 114 valence electrons. The van der Waals surface area contributed by atoms with Gasteiger partial charge in [0.05, 0.1) is 6.26 Å². The zero-order valence-electron chi connectivity index (χ0n) is 12.1. The second-order valence-electron chi connectivity index (χ2n) is 5.38. The van der Waals surface area contributed by atoms with Gasteiger partial charge in [-0.2, -0.15) is 0 Å². The molecule has 0 bridgehead atoms. The number of rotatable bonds is 4. The van der Waals surface area contributed by atoms with E-state index in [-0.39, 0.29) is 5.78 Å². The minimum atomic E-state index is -1.53. The van der Waals surface area contributed by atoms with Gasteiger partial charge in [-0.25, -0.2) is 4.79 Å². The Labute approximate surface area is 128 Å². The Morgan fingerprint density at radius 2 is 2.00 bits per heavy atom. The zero-order chi connectivity index (χ0) is 15.6. The van der Waals surface area contributed by atoms with Gasteiger partial charge in [0.2, 0.25) is 5.54 Å². The highest BCUT2D eigenvalue weighted by molar-refractivity contribution is 6.16. The normalized spacial score (nSPS) is 23.8. The van der Waals surface area contributed by atoms with Crippen LogP contribution < -0.4 is 0 Å². The van der Waals surface area contributed by atoms with E-state index in [1.807, 2.05) is 0 Å². The number of carbonyl (C=O) groups is 2. The fraction of sp³-hybridized carbons (Fsp3) is 0.294. The van der Waals surface area contributed by atoms with Crippen molar-refractivity contribution in [1.82, 2.24) is 4.90 Å². The molecule has 22 heavy (non-hydrogen) atoms. The van der Waals surface area contributed by atoms with Gasteiger partial charge in [0.25, 0.3) is 0 Å². The van der Waals surface area contributed by atoms with Crippen molar-refractivity contribution in [3.8, 4) is 0 Å². The average molecular weight is 299 g/mol. The van der Waals surface area contributed by atoms with Crippen LogP contribution >= 0.6 is 0 Å². The summed E-state index contributed by atoms with van der Waals surface area (Å²) in [6, 6.07) is 8.63. The van der Waals surface area contributed by atoms with Crippen molar-refractivity contribution < 1.29 is 19.4 Å². The highest BCUT2D eigenvalue weighted by atomic mass is 16.5. The molecule has 0 spiro atoms. The van der Waals surface area contributed by atoms with E-state index in [1.165, 1.54) is 6.26 Å². The van der Waals surface area contributed by atoms with E-state index in [4.69, 9.17) is 4.74 Å². The Kier molecular flexibility index (Phi) is 3.71. The molecule has 0 radical (unpaired) electrons. The number of Topliss-reactive ketones (excluding diaryl/α,β-unsaturated/α-hetero) is 1. The van der Waals surface area contributed by atoms with Gasteiger partial charge in [0.15, 0.2) is 5.78 Å². The third kappa shape index (κ3) is 2.19. The van der Waals surface area contributed by atoms with Gasteiger partial charge in [-0.3, -0.25) is 4.79 Å². The molecule has 2 aliphatic heterocycles. The lowest BCUT2D eigenvalue weighted by Crippen LogP contribution is -2.56. The molecule has 2 aliphatic rings. The van der Waals surface area contributed by atoms with Gasteiger partial charge < -0.3 is 14.7 Å². The maximum atomic E-state index is 13.0. The lowest BCUT2D eigenvalue weighted by atomic mass is 9.86. The van der Waals surface area contributed by atoms with Crippen LogP contribution in [-0.2, 0) is 9.53 Å². The lowest BCUT2D eigenvalue weighted by molar-refractivity contribution is -0.145. The van der Waals surface area contributed by atoms with Crippen molar-refractivity contribution in [1.29, 1.82) is 0 Å². The zero-order valence-corrected chi connectivity index (χ0v) is 12.1. The summed E-state index contributed by atoms with van der Waals surface area (Å²) in [5.41, 5.74) is -0.377. The number of nitrogens with zero attached hydrogens (tertiary/aromatic N) is 1. The van der Waals surface area contributed by atoms with Crippen molar-refractivity contribution in [3.05, 3.63) is 60.0 Å². The summed E-state index contributed by atoms with van der Waals surface area (Å²) in [5, 5.41) is 9.85. The van der Waals surface area contributed by atoms with E-state index < -0.39 is 11.5 Å². The molecule has 1 aromatic rings. The number of carbonyl (C=O) groups excluding carboxylic acids is 1. The van der Waals surface area contributed by atoms with Gasteiger partial charge in [0, 0.05) is 17.8 Å². The molecule has 5 heteroatoms. The Balaban J connectivity index is 2.04. The molecule has 5 nitrogen and oxygen atoms in total. The van der Waals surface area contributed by atoms with Crippen molar-refractivity contribution in [2.24, 2.45) is 0 Å². The van der Waals surface area contributed by atoms with Crippen molar-refractivity contribution >= 4 is 11.8 Å². The highest BCUT2D eigenvalue weighted by Gasteiger charge is 2.54. The molecule has 1 atom stereocenters. The number of benzene rings is 1. The Hall–Kier alpha value is -2.56. The largest absolute Gasteiger partial charge is 0.497 e. The number of aliphatic carboxylic acids is 1. The van der Waals surface area contributed by atoms with Crippen LogP contribution in [0.25, 0.3) is 0 Å². The number of hydrogen-bond donors (Lipinski definition) is 1. The van der Waals surface area contributed by atoms with E-state index in [0.29, 0.717) is 31.6 Å². The van der Waals surface area contributed by atoms with E-state index in [1.54, 1.807) is 47.4 Å². The SMILES string of the molecule is O=C(O)C1(C(=O)c2ccccc2)CCCN1C1=CCOC=C1. The summed E-state index contributed by atoms with van der Waals surface area (Å²) in [7, 11) is 0.